The van der Waals surface area contributed by atoms with E-state index in [0.29, 0.717) is 12.0 Å². The molecule has 1 aliphatic rings. The number of aromatic hydroxyl groups is 1. The number of hydrogen-bond donors (Lipinski definition) is 2. The zero-order chi connectivity index (χ0) is 15.4. The minimum absolute atomic E-state index is 0.173. The first-order chi connectivity index (χ1) is 9.12. The van der Waals surface area contributed by atoms with Gasteiger partial charge in [0, 0.05) is 10.0 Å². The molecule has 0 amide bonds. The maximum Gasteiger partial charge on any atom is 0.261 e. The Morgan fingerprint density at radius 1 is 1.20 bits per heavy atom. The Labute approximate surface area is 129 Å². The molecule has 0 aromatic heterocycles. The quantitative estimate of drug-likeness (QED) is 0.741. The second-order valence-electron chi connectivity index (χ2n) is 5.52. The molecule has 0 radical (unpaired) electrons. The van der Waals surface area contributed by atoms with Crippen molar-refractivity contribution in [2.24, 2.45) is 0 Å². The smallest absolute Gasteiger partial charge is 0.261 e. The number of hydrogen-bond acceptors (Lipinski definition) is 3. The van der Waals surface area contributed by atoms with Crippen LogP contribution in [0.4, 0.5) is 0 Å². The van der Waals surface area contributed by atoms with Gasteiger partial charge in [0.25, 0.3) is 10.1 Å². The first-order valence-corrected chi connectivity index (χ1v) is 9.17. The van der Waals surface area contributed by atoms with E-state index >= 15 is 0 Å². The summed E-state index contributed by atoms with van der Waals surface area (Å²) in [5.41, 5.74) is 1.28. The summed E-state index contributed by atoms with van der Waals surface area (Å²) in [5, 5.41) is 9.93. The number of benzene rings is 1. The van der Waals surface area contributed by atoms with Crippen molar-refractivity contribution in [3.05, 3.63) is 28.2 Å². The second kappa shape index (κ2) is 6.91. The van der Waals surface area contributed by atoms with E-state index in [-0.39, 0.29) is 5.41 Å². The van der Waals surface area contributed by atoms with E-state index in [0.717, 1.165) is 10.0 Å². The van der Waals surface area contributed by atoms with Crippen molar-refractivity contribution >= 4 is 26.0 Å². The van der Waals surface area contributed by atoms with Crippen molar-refractivity contribution < 1.29 is 18.1 Å². The summed E-state index contributed by atoms with van der Waals surface area (Å²) in [4.78, 5) is 0. The highest BCUT2D eigenvalue weighted by atomic mass is 79.9. The summed E-state index contributed by atoms with van der Waals surface area (Å²) in [6.07, 6.45) is 7.00. The van der Waals surface area contributed by atoms with Crippen molar-refractivity contribution in [1.29, 1.82) is 0 Å². The molecule has 1 aromatic rings. The fourth-order valence-electron chi connectivity index (χ4n) is 2.59. The Kier molecular flexibility index (Phi) is 6.04. The molecule has 4 nitrogen and oxygen atoms in total. The lowest BCUT2D eigenvalue weighted by Crippen LogP contribution is -2.25. The summed E-state index contributed by atoms with van der Waals surface area (Å²) in [6, 6.07) is 5.75. The standard InChI is InChI=1S/C13H17BrO.CH4O3S/c1-13(7-3-2-4-8-13)11-9-10(14)5-6-12(11)15;1-5(2,3)4/h5-6,9,15H,2-4,7-8H2,1H3;1H3,(H,2,3,4). The van der Waals surface area contributed by atoms with E-state index in [9.17, 15) is 13.5 Å². The average Bonchev–Trinajstić information content (AvgIpc) is 2.31. The third-order valence-electron chi connectivity index (χ3n) is 3.57. The van der Waals surface area contributed by atoms with Crippen LogP contribution in [0.3, 0.4) is 0 Å². The lowest BCUT2D eigenvalue weighted by Gasteiger charge is -2.34. The third-order valence-corrected chi connectivity index (χ3v) is 4.06. The molecule has 0 unspecified atom stereocenters. The van der Waals surface area contributed by atoms with Crippen molar-refractivity contribution in [1.82, 2.24) is 0 Å². The van der Waals surface area contributed by atoms with Crippen molar-refractivity contribution in [3.63, 3.8) is 0 Å². The third kappa shape index (κ3) is 5.81. The van der Waals surface area contributed by atoms with E-state index < -0.39 is 10.1 Å². The predicted molar refractivity (Wildman–Crippen MR) is 83.7 cm³/mol. The molecule has 20 heavy (non-hydrogen) atoms. The van der Waals surface area contributed by atoms with E-state index in [2.05, 4.69) is 28.9 Å². The minimum atomic E-state index is -3.67. The number of phenolic OH excluding ortho intramolecular Hbond substituents is 1. The van der Waals surface area contributed by atoms with E-state index in [1.807, 2.05) is 6.07 Å². The van der Waals surface area contributed by atoms with Crippen molar-refractivity contribution in [2.75, 3.05) is 6.26 Å². The van der Waals surface area contributed by atoms with Crippen LogP contribution < -0.4 is 0 Å². The molecule has 2 rings (SSSR count). The molecular formula is C14H21BrO4S. The van der Waals surface area contributed by atoms with E-state index in [1.165, 1.54) is 32.1 Å². The molecule has 0 saturated heterocycles. The Morgan fingerprint density at radius 2 is 1.70 bits per heavy atom. The summed E-state index contributed by atoms with van der Waals surface area (Å²) in [5.74, 6) is 0.447. The molecule has 2 N–H and O–H groups in total. The summed E-state index contributed by atoms with van der Waals surface area (Å²) < 4.78 is 26.9. The maximum absolute atomic E-state index is 9.93. The number of halogens is 1. The van der Waals surface area contributed by atoms with E-state index in [1.54, 1.807) is 6.07 Å². The van der Waals surface area contributed by atoms with Crippen molar-refractivity contribution in [2.45, 2.75) is 44.4 Å². The molecule has 0 spiro atoms. The van der Waals surface area contributed by atoms with Gasteiger partial charge in [-0.2, -0.15) is 8.42 Å². The molecule has 114 valence electrons. The molecule has 0 heterocycles. The van der Waals surface area contributed by atoms with Gasteiger partial charge in [0.2, 0.25) is 0 Å². The fraction of sp³-hybridized carbons (Fsp3) is 0.571. The molecule has 1 aromatic carbocycles. The Hall–Kier alpha value is -0.590. The SMILES string of the molecule is CC1(c2cc(Br)ccc2O)CCCCC1.CS(=O)(=O)O. The van der Waals surface area contributed by atoms with Gasteiger partial charge in [-0.25, -0.2) is 0 Å². The van der Waals surface area contributed by atoms with Crippen LogP contribution in [-0.2, 0) is 15.5 Å². The average molecular weight is 365 g/mol. The van der Waals surface area contributed by atoms with Gasteiger partial charge in [-0.05, 0) is 36.5 Å². The van der Waals surface area contributed by atoms with Gasteiger partial charge in [-0.1, -0.05) is 42.1 Å². The Bertz CT molecular complexity index is 540. The van der Waals surface area contributed by atoms with Crippen LogP contribution in [0.2, 0.25) is 0 Å². The van der Waals surface area contributed by atoms with Gasteiger partial charge >= 0.3 is 0 Å². The molecule has 0 aliphatic heterocycles. The maximum atomic E-state index is 9.93. The van der Waals surface area contributed by atoms with Gasteiger partial charge < -0.3 is 5.11 Å². The minimum Gasteiger partial charge on any atom is -0.508 e. The number of rotatable bonds is 1. The van der Waals surface area contributed by atoms with Crippen LogP contribution in [0.15, 0.2) is 22.7 Å². The Morgan fingerprint density at radius 3 is 2.20 bits per heavy atom. The lowest BCUT2D eigenvalue weighted by molar-refractivity contribution is 0.308. The lowest BCUT2D eigenvalue weighted by atomic mass is 9.71. The van der Waals surface area contributed by atoms with Gasteiger partial charge in [-0.3, -0.25) is 4.55 Å². The zero-order valence-corrected chi connectivity index (χ0v) is 14.2. The topological polar surface area (TPSA) is 74.6 Å². The largest absolute Gasteiger partial charge is 0.508 e. The molecule has 0 atom stereocenters. The summed E-state index contributed by atoms with van der Waals surface area (Å²) in [7, 11) is -3.67. The van der Waals surface area contributed by atoms with Gasteiger partial charge in [-0.15, -0.1) is 0 Å². The van der Waals surface area contributed by atoms with Crippen LogP contribution in [0, 0.1) is 0 Å². The van der Waals surface area contributed by atoms with Crippen LogP contribution in [-0.4, -0.2) is 24.3 Å². The first kappa shape index (κ1) is 17.5. The summed E-state index contributed by atoms with van der Waals surface area (Å²) >= 11 is 3.48. The number of phenols is 1. The molecule has 6 heteroatoms. The van der Waals surface area contributed by atoms with Crippen LogP contribution >= 0.6 is 15.9 Å². The van der Waals surface area contributed by atoms with Gasteiger partial charge in [0.1, 0.15) is 5.75 Å². The van der Waals surface area contributed by atoms with Crippen LogP contribution in [0.5, 0.6) is 5.75 Å². The molecule has 1 aliphatic carbocycles. The highest BCUT2D eigenvalue weighted by Crippen LogP contribution is 2.43. The Balaban J connectivity index is 0.000000347. The van der Waals surface area contributed by atoms with Gasteiger partial charge in [0.15, 0.2) is 0 Å². The van der Waals surface area contributed by atoms with Crippen molar-refractivity contribution in [3.8, 4) is 5.75 Å². The molecule has 1 saturated carbocycles. The first-order valence-electron chi connectivity index (χ1n) is 6.53. The molecule has 1 fully saturated rings. The second-order valence-corrected chi connectivity index (χ2v) is 7.90. The monoisotopic (exact) mass is 364 g/mol. The van der Waals surface area contributed by atoms with Crippen LogP contribution in [0.1, 0.15) is 44.6 Å². The fourth-order valence-corrected chi connectivity index (χ4v) is 2.95. The van der Waals surface area contributed by atoms with Crippen LogP contribution in [0.25, 0.3) is 0 Å². The van der Waals surface area contributed by atoms with E-state index in [4.69, 9.17) is 4.55 Å². The molecule has 0 bridgehead atoms. The molecular weight excluding hydrogens is 344 g/mol. The van der Waals surface area contributed by atoms with Gasteiger partial charge in [0.05, 0.1) is 6.26 Å². The predicted octanol–water partition coefficient (Wildman–Crippen LogP) is 3.88. The summed E-state index contributed by atoms with van der Waals surface area (Å²) in [6.45, 7) is 2.27. The highest BCUT2D eigenvalue weighted by molar-refractivity contribution is 9.10. The highest BCUT2D eigenvalue weighted by Gasteiger charge is 2.31. The zero-order valence-electron chi connectivity index (χ0n) is 11.8. The normalized spacial score (nSPS) is 18.0.